The van der Waals surface area contributed by atoms with Crippen molar-refractivity contribution >= 4 is 23.4 Å². The second kappa shape index (κ2) is 6.97. The van der Waals surface area contributed by atoms with Gasteiger partial charge in [-0.15, -0.1) is 0 Å². The van der Waals surface area contributed by atoms with E-state index in [4.69, 9.17) is 11.6 Å². The summed E-state index contributed by atoms with van der Waals surface area (Å²) in [7, 11) is 0. The van der Waals surface area contributed by atoms with Crippen LogP contribution < -0.4 is 0 Å². The van der Waals surface area contributed by atoms with Gasteiger partial charge in [-0.2, -0.15) is 0 Å². The standard InChI is InChI=1S/C17H15ClFN3O2/c18-15-13(2-1-3-14(15)19)17(24)22-10-8-21(9-11-22)16(23)12-4-6-20-7-5-12/h1-7H,8-11H2. The molecule has 0 atom stereocenters. The third kappa shape index (κ3) is 3.23. The van der Waals surface area contributed by atoms with E-state index in [9.17, 15) is 14.0 Å². The van der Waals surface area contributed by atoms with E-state index >= 15 is 0 Å². The summed E-state index contributed by atoms with van der Waals surface area (Å²) in [6, 6.07) is 7.49. The number of aromatic nitrogens is 1. The van der Waals surface area contributed by atoms with Crippen LogP contribution in [0.25, 0.3) is 0 Å². The Morgan fingerprint density at radius 3 is 2.17 bits per heavy atom. The Bertz CT molecular complexity index is 762. The molecule has 3 rings (SSSR count). The number of piperazine rings is 1. The predicted molar refractivity (Wildman–Crippen MR) is 87.5 cm³/mol. The number of benzene rings is 1. The lowest BCUT2D eigenvalue weighted by Gasteiger charge is -2.35. The number of hydrogen-bond acceptors (Lipinski definition) is 3. The maximum absolute atomic E-state index is 13.5. The zero-order valence-corrected chi connectivity index (χ0v) is 13.5. The smallest absolute Gasteiger partial charge is 0.255 e. The van der Waals surface area contributed by atoms with Crippen molar-refractivity contribution in [3.8, 4) is 0 Å². The average Bonchev–Trinajstić information content (AvgIpc) is 2.64. The first-order valence-electron chi connectivity index (χ1n) is 7.50. The first-order valence-corrected chi connectivity index (χ1v) is 7.88. The molecule has 0 N–H and O–H groups in total. The van der Waals surface area contributed by atoms with Crippen LogP contribution in [-0.4, -0.2) is 52.8 Å². The van der Waals surface area contributed by atoms with Crippen LogP contribution in [0.5, 0.6) is 0 Å². The molecule has 24 heavy (non-hydrogen) atoms. The molecular weight excluding hydrogens is 333 g/mol. The fourth-order valence-electron chi connectivity index (χ4n) is 2.63. The molecular formula is C17H15ClFN3O2. The van der Waals surface area contributed by atoms with Gasteiger partial charge < -0.3 is 9.80 Å². The molecule has 1 aliphatic rings. The molecule has 0 bridgehead atoms. The number of nitrogens with zero attached hydrogens (tertiary/aromatic N) is 3. The van der Waals surface area contributed by atoms with Crippen LogP contribution in [0.3, 0.4) is 0 Å². The first-order chi connectivity index (χ1) is 11.6. The Morgan fingerprint density at radius 2 is 1.54 bits per heavy atom. The molecule has 0 spiro atoms. The molecule has 2 aromatic rings. The Labute approximate surface area is 143 Å². The van der Waals surface area contributed by atoms with Gasteiger partial charge in [0.25, 0.3) is 11.8 Å². The number of rotatable bonds is 2. The summed E-state index contributed by atoms with van der Waals surface area (Å²) in [6.45, 7) is 1.59. The van der Waals surface area contributed by atoms with Crippen molar-refractivity contribution in [2.75, 3.05) is 26.2 Å². The van der Waals surface area contributed by atoms with Crippen LogP contribution >= 0.6 is 11.6 Å². The topological polar surface area (TPSA) is 53.5 Å². The van der Waals surface area contributed by atoms with Gasteiger partial charge in [0.15, 0.2) is 0 Å². The molecule has 7 heteroatoms. The van der Waals surface area contributed by atoms with E-state index in [-0.39, 0.29) is 22.4 Å². The highest BCUT2D eigenvalue weighted by Crippen LogP contribution is 2.22. The normalized spacial score (nSPS) is 14.6. The van der Waals surface area contributed by atoms with Crippen molar-refractivity contribution in [2.45, 2.75) is 0 Å². The van der Waals surface area contributed by atoms with E-state index in [1.807, 2.05) is 0 Å². The second-order valence-corrected chi connectivity index (χ2v) is 5.80. The van der Waals surface area contributed by atoms with Gasteiger partial charge in [0, 0.05) is 44.1 Å². The van der Waals surface area contributed by atoms with Crippen molar-refractivity contribution in [2.24, 2.45) is 0 Å². The molecule has 5 nitrogen and oxygen atoms in total. The van der Waals surface area contributed by atoms with Gasteiger partial charge in [0.2, 0.25) is 0 Å². The summed E-state index contributed by atoms with van der Waals surface area (Å²) in [5, 5.41) is -0.169. The molecule has 1 fully saturated rings. The van der Waals surface area contributed by atoms with Gasteiger partial charge in [-0.1, -0.05) is 17.7 Å². The fourth-order valence-corrected chi connectivity index (χ4v) is 2.84. The maximum Gasteiger partial charge on any atom is 0.255 e. The van der Waals surface area contributed by atoms with E-state index in [1.54, 1.807) is 34.3 Å². The van der Waals surface area contributed by atoms with E-state index in [0.29, 0.717) is 31.7 Å². The van der Waals surface area contributed by atoms with Crippen LogP contribution in [0.4, 0.5) is 4.39 Å². The molecule has 1 saturated heterocycles. The van der Waals surface area contributed by atoms with Gasteiger partial charge >= 0.3 is 0 Å². The van der Waals surface area contributed by atoms with Crippen molar-refractivity contribution < 1.29 is 14.0 Å². The van der Waals surface area contributed by atoms with E-state index in [0.717, 1.165) is 0 Å². The molecule has 124 valence electrons. The van der Waals surface area contributed by atoms with Gasteiger partial charge in [-0.3, -0.25) is 14.6 Å². The van der Waals surface area contributed by atoms with Crippen molar-refractivity contribution in [1.29, 1.82) is 0 Å². The van der Waals surface area contributed by atoms with Crippen LogP contribution in [0.1, 0.15) is 20.7 Å². The third-order valence-corrected chi connectivity index (χ3v) is 4.35. The number of carbonyl (C=O) groups excluding carboxylic acids is 2. The highest BCUT2D eigenvalue weighted by atomic mass is 35.5. The van der Waals surface area contributed by atoms with Crippen molar-refractivity contribution in [3.05, 3.63) is 64.7 Å². The number of carbonyl (C=O) groups is 2. The van der Waals surface area contributed by atoms with Crippen LogP contribution in [0.2, 0.25) is 5.02 Å². The Hall–Kier alpha value is -2.47. The van der Waals surface area contributed by atoms with Gasteiger partial charge in [0.1, 0.15) is 5.82 Å². The Kier molecular flexibility index (Phi) is 4.76. The second-order valence-electron chi connectivity index (χ2n) is 5.42. The van der Waals surface area contributed by atoms with Gasteiger partial charge in [-0.05, 0) is 24.3 Å². The molecule has 0 aliphatic carbocycles. The van der Waals surface area contributed by atoms with Crippen molar-refractivity contribution in [3.63, 3.8) is 0 Å². The lowest BCUT2D eigenvalue weighted by Crippen LogP contribution is -2.50. The molecule has 0 radical (unpaired) electrons. The highest BCUT2D eigenvalue weighted by molar-refractivity contribution is 6.34. The fraction of sp³-hybridized carbons (Fsp3) is 0.235. The summed E-state index contributed by atoms with van der Waals surface area (Å²) in [4.78, 5) is 32.0. The van der Waals surface area contributed by atoms with Crippen LogP contribution in [0, 0.1) is 5.82 Å². The minimum atomic E-state index is -0.617. The van der Waals surface area contributed by atoms with E-state index in [2.05, 4.69) is 4.98 Å². The van der Waals surface area contributed by atoms with Gasteiger partial charge in [0.05, 0.1) is 10.6 Å². The number of pyridine rings is 1. The Balaban J connectivity index is 1.66. The largest absolute Gasteiger partial charge is 0.335 e. The predicted octanol–water partition coefficient (Wildman–Crippen LogP) is 2.47. The zero-order chi connectivity index (χ0) is 17.1. The van der Waals surface area contributed by atoms with E-state index in [1.165, 1.54) is 18.2 Å². The summed E-state index contributed by atoms with van der Waals surface area (Å²) in [5.74, 6) is -1.03. The van der Waals surface area contributed by atoms with Gasteiger partial charge in [-0.25, -0.2) is 4.39 Å². The molecule has 0 unspecified atom stereocenters. The maximum atomic E-state index is 13.5. The lowest BCUT2D eigenvalue weighted by molar-refractivity contribution is 0.0535. The molecule has 0 saturated carbocycles. The van der Waals surface area contributed by atoms with Crippen LogP contribution in [0.15, 0.2) is 42.7 Å². The molecule has 1 aromatic heterocycles. The SMILES string of the molecule is O=C(c1ccncc1)N1CCN(C(=O)c2cccc(F)c2Cl)CC1. The molecule has 2 amide bonds. The molecule has 1 aliphatic heterocycles. The minimum Gasteiger partial charge on any atom is -0.335 e. The summed E-state index contributed by atoms with van der Waals surface area (Å²) in [6.07, 6.45) is 3.14. The lowest BCUT2D eigenvalue weighted by atomic mass is 10.1. The first kappa shape index (κ1) is 16.4. The summed E-state index contributed by atoms with van der Waals surface area (Å²) < 4.78 is 13.5. The quantitative estimate of drug-likeness (QED) is 0.838. The highest BCUT2D eigenvalue weighted by Gasteiger charge is 2.26. The number of halogens is 2. The molecule has 1 aromatic carbocycles. The van der Waals surface area contributed by atoms with E-state index < -0.39 is 5.82 Å². The van der Waals surface area contributed by atoms with Crippen LogP contribution in [-0.2, 0) is 0 Å². The minimum absolute atomic E-state index is 0.0895. The molecule has 2 heterocycles. The Morgan fingerprint density at radius 1 is 0.958 bits per heavy atom. The average molecular weight is 348 g/mol. The number of hydrogen-bond donors (Lipinski definition) is 0. The third-order valence-electron chi connectivity index (χ3n) is 3.96. The number of amides is 2. The monoisotopic (exact) mass is 347 g/mol. The zero-order valence-electron chi connectivity index (χ0n) is 12.8. The summed E-state index contributed by atoms with van der Waals surface area (Å²) >= 11 is 5.87. The van der Waals surface area contributed by atoms with Crippen molar-refractivity contribution in [1.82, 2.24) is 14.8 Å². The summed E-state index contributed by atoms with van der Waals surface area (Å²) in [5.41, 5.74) is 0.712.